The summed E-state index contributed by atoms with van der Waals surface area (Å²) in [4.78, 5) is 16.5. The van der Waals surface area contributed by atoms with Crippen LogP contribution in [0.5, 0.6) is 0 Å². The SMILES string of the molecule is O=C(CC1CC(F)C1)NCc1cnn2cc(CC3CCC(F)(F)CC3)nc2c1. The smallest absolute Gasteiger partial charge is 0.248 e. The molecule has 2 aromatic rings. The summed E-state index contributed by atoms with van der Waals surface area (Å²) in [7, 11) is 0. The first kappa shape index (κ1) is 19.2. The quantitative estimate of drug-likeness (QED) is 0.810. The molecule has 0 bridgehead atoms. The topological polar surface area (TPSA) is 59.3 Å². The molecular formula is C20H25F3N4O. The van der Waals surface area contributed by atoms with Gasteiger partial charge in [0.2, 0.25) is 11.8 Å². The monoisotopic (exact) mass is 394 g/mol. The van der Waals surface area contributed by atoms with Crippen LogP contribution in [0.3, 0.4) is 0 Å². The molecule has 2 fully saturated rings. The zero-order valence-corrected chi connectivity index (χ0v) is 15.7. The molecule has 1 N–H and O–H groups in total. The van der Waals surface area contributed by atoms with Gasteiger partial charge in [-0.05, 0) is 55.6 Å². The summed E-state index contributed by atoms with van der Waals surface area (Å²) in [6.45, 7) is 0.355. The van der Waals surface area contributed by atoms with Crippen molar-refractivity contribution < 1.29 is 18.0 Å². The maximum Gasteiger partial charge on any atom is 0.248 e. The molecule has 28 heavy (non-hydrogen) atoms. The van der Waals surface area contributed by atoms with E-state index in [9.17, 15) is 18.0 Å². The van der Waals surface area contributed by atoms with E-state index in [-0.39, 0.29) is 30.6 Å². The molecule has 2 heterocycles. The second-order valence-electron chi connectivity index (χ2n) is 8.32. The molecule has 0 aromatic carbocycles. The number of fused-ring (bicyclic) bond motifs is 1. The van der Waals surface area contributed by atoms with Gasteiger partial charge in [-0.2, -0.15) is 5.10 Å². The molecule has 4 rings (SSSR count). The molecule has 2 aliphatic carbocycles. The van der Waals surface area contributed by atoms with Crippen LogP contribution in [-0.4, -0.2) is 32.6 Å². The van der Waals surface area contributed by atoms with Gasteiger partial charge in [-0.25, -0.2) is 22.7 Å². The zero-order chi connectivity index (χ0) is 19.7. The average molecular weight is 394 g/mol. The Labute approximate surface area is 161 Å². The largest absolute Gasteiger partial charge is 0.352 e. The lowest BCUT2D eigenvalue weighted by atomic mass is 9.81. The summed E-state index contributed by atoms with van der Waals surface area (Å²) >= 11 is 0. The van der Waals surface area contributed by atoms with Crippen molar-refractivity contribution in [1.82, 2.24) is 19.9 Å². The number of halogens is 3. The number of carbonyl (C=O) groups excluding carboxylic acids is 1. The van der Waals surface area contributed by atoms with E-state index in [1.165, 1.54) is 0 Å². The van der Waals surface area contributed by atoms with Crippen LogP contribution in [0, 0.1) is 11.8 Å². The van der Waals surface area contributed by atoms with Crippen molar-refractivity contribution in [2.24, 2.45) is 11.8 Å². The molecule has 0 radical (unpaired) electrons. The summed E-state index contributed by atoms with van der Waals surface area (Å²) in [6.07, 6.45) is 5.75. The van der Waals surface area contributed by atoms with E-state index in [1.807, 2.05) is 12.3 Å². The number of carbonyl (C=O) groups is 1. The predicted octanol–water partition coefficient (Wildman–Crippen LogP) is 3.85. The fraction of sp³-hybridized carbons (Fsp3) is 0.650. The summed E-state index contributed by atoms with van der Waals surface area (Å²) in [5.74, 6) is -2.19. The highest BCUT2D eigenvalue weighted by Gasteiger charge is 2.35. The fourth-order valence-corrected chi connectivity index (χ4v) is 4.12. The van der Waals surface area contributed by atoms with Crippen LogP contribution in [0.25, 0.3) is 5.65 Å². The minimum absolute atomic E-state index is 0.0417. The Balaban J connectivity index is 1.31. The molecule has 5 nitrogen and oxygen atoms in total. The maximum atomic E-state index is 13.3. The molecule has 0 spiro atoms. The second kappa shape index (κ2) is 7.72. The van der Waals surface area contributed by atoms with Gasteiger partial charge in [0.15, 0.2) is 5.65 Å². The first-order valence-corrected chi connectivity index (χ1v) is 9.98. The molecule has 0 unspecified atom stereocenters. The highest BCUT2D eigenvalue weighted by atomic mass is 19.3. The van der Waals surface area contributed by atoms with Crippen molar-refractivity contribution in [2.75, 3.05) is 0 Å². The average Bonchev–Trinajstić information content (AvgIpc) is 3.02. The zero-order valence-electron chi connectivity index (χ0n) is 15.7. The highest BCUT2D eigenvalue weighted by Crippen LogP contribution is 2.37. The molecule has 0 aliphatic heterocycles. The number of nitrogens with one attached hydrogen (secondary N) is 1. The molecular weight excluding hydrogens is 369 g/mol. The van der Waals surface area contributed by atoms with Crippen molar-refractivity contribution in [3.63, 3.8) is 0 Å². The minimum atomic E-state index is -2.51. The normalized spacial score (nSPS) is 24.8. The highest BCUT2D eigenvalue weighted by molar-refractivity contribution is 5.76. The first-order chi connectivity index (χ1) is 13.4. The molecule has 2 aromatic heterocycles. The third-order valence-corrected chi connectivity index (χ3v) is 5.90. The number of amides is 1. The molecule has 2 aliphatic rings. The lowest BCUT2D eigenvalue weighted by Gasteiger charge is -2.28. The van der Waals surface area contributed by atoms with Crippen LogP contribution in [0.4, 0.5) is 13.2 Å². The number of nitrogens with zero attached hydrogens (tertiary/aromatic N) is 3. The second-order valence-corrected chi connectivity index (χ2v) is 8.32. The van der Waals surface area contributed by atoms with Gasteiger partial charge < -0.3 is 5.32 Å². The van der Waals surface area contributed by atoms with Crippen LogP contribution < -0.4 is 5.32 Å². The first-order valence-electron chi connectivity index (χ1n) is 9.98. The van der Waals surface area contributed by atoms with E-state index in [4.69, 9.17) is 0 Å². The summed E-state index contributed by atoms with van der Waals surface area (Å²) in [5, 5.41) is 7.18. The lowest BCUT2D eigenvalue weighted by molar-refractivity contribution is -0.123. The maximum absolute atomic E-state index is 13.3. The van der Waals surface area contributed by atoms with E-state index in [0.717, 1.165) is 11.3 Å². The molecule has 0 saturated heterocycles. The van der Waals surface area contributed by atoms with Crippen molar-refractivity contribution in [3.05, 3.63) is 29.7 Å². The third kappa shape index (κ3) is 4.64. The molecule has 8 heteroatoms. The van der Waals surface area contributed by atoms with Gasteiger partial charge >= 0.3 is 0 Å². The van der Waals surface area contributed by atoms with Crippen LogP contribution >= 0.6 is 0 Å². The van der Waals surface area contributed by atoms with Crippen molar-refractivity contribution >= 4 is 11.6 Å². The van der Waals surface area contributed by atoms with Gasteiger partial charge in [-0.1, -0.05) is 0 Å². The van der Waals surface area contributed by atoms with E-state index in [2.05, 4.69) is 15.4 Å². The van der Waals surface area contributed by atoms with Gasteiger partial charge in [-0.3, -0.25) is 4.79 Å². The van der Waals surface area contributed by atoms with Crippen LogP contribution in [-0.2, 0) is 17.8 Å². The van der Waals surface area contributed by atoms with Crippen LogP contribution in [0.15, 0.2) is 18.5 Å². The van der Waals surface area contributed by atoms with Gasteiger partial charge in [0.1, 0.15) is 6.17 Å². The van der Waals surface area contributed by atoms with Crippen LogP contribution in [0.1, 0.15) is 56.2 Å². The number of aromatic nitrogens is 3. The Morgan fingerprint density at radius 2 is 2.00 bits per heavy atom. The van der Waals surface area contributed by atoms with E-state index < -0.39 is 12.1 Å². The Hall–Kier alpha value is -2.12. The van der Waals surface area contributed by atoms with Gasteiger partial charge in [0, 0.05) is 25.8 Å². The number of alkyl halides is 3. The van der Waals surface area contributed by atoms with Gasteiger partial charge in [0.25, 0.3) is 0 Å². The Bertz CT molecular complexity index is 837. The lowest BCUT2D eigenvalue weighted by Crippen LogP contribution is -2.32. The van der Waals surface area contributed by atoms with Crippen LogP contribution in [0.2, 0.25) is 0 Å². The fourth-order valence-electron chi connectivity index (χ4n) is 4.12. The number of imidazole rings is 1. The number of hydrogen-bond donors (Lipinski definition) is 1. The molecule has 1 amide bonds. The molecule has 0 atom stereocenters. The standard InChI is InChI=1S/C20H25F3N4O/c21-16-5-14(6-16)9-19(28)24-10-15-8-18-26-17(12-27(18)25-11-15)7-13-1-3-20(22,23)4-2-13/h8,11-14,16H,1-7,9-10H2,(H,24,28). The van der Waals surface area contributed by atoms with E-state index >= 15 is 0 Å². The predicted molar refractivity (Wildman–Crippen MR) is 97.7 cm³/mol. The van der Waals surface area contributed by atoms with E-state index in [0.29, 0.717) is 50.7 Å². The third-order valence-electron chi connectivity index (χ3n) is 5.90. The van der Waals surface area contributed by atoms with Crippen molar-refractivity contribution in [1.29, 1.82) is 0 Å². The van der Waals surface area contributed by atoms with Crippen molar-refractivity contribution in [2.45, 2.75) is 70.0 Å². The molecule has 152 valence electrons. The summed E-state index contributed by atoms with van der Waals surface area (Å²) in [6, 6.07) is 1.87. The molecule has 2 saturated carbocycles. The minimum Gasteiger partial charge on any atom is -0.352 e. The van der Waals surface area contributed by atoms with Gasteiger partial charge in [-0.15, -0.1) is 0 Å². The van der Waals surface area contributed by atoms with E-state index in [1.54, 1.807) is 10.7 Å². The Kier molecular flexibility index (Phi) is 5.29. The number of hydrogen-bond acceptors (Lipinski definition) is 3. The summed E-state index contributed by atoms with van der Waals surface area (Å²) in [5.41, 5.74) is 2.38. The summed E-state index contributed by atoms with van der Waals surface area (Å²) < 4.78 is 41.1. The van der Waals surface area contributed by atoms with Gasteiger partial charge in [0.05, 0.1) is 18.1 Å². The Morgan fingerprint density at radius 3 is 2.71 bits per heavy atom. The van der Waals surface area contributed by atoms with Crippen molar-refractivity contribution in [3.8, 4) is 0 Å². The number of rotatable bonds is 6. The Morgan fingerprint density at radius 1 is 1.25 bits per heavy atom.